The molecule has 4 heteroatoms. The Hall–Kier alpha value is -1.58. The molecule has 0 saturated heterocycles. The van der Waals surface area contributed by atoms with Crippen molar-refractivity contribution in [1.29, 1.82) is 0 Å². The van der Waals surface area contributed by atoms with E-state index in [9.17, 15) is 9.18 Å². The third-order valence-electron chi connectivity index (χ3n) is 1.52. The molecule has 0 amide bonds. The van der Waals surface area contributed by atoms with Crippen molar-refractivity contribution in [3.63, 3.8) is 0 Å². The van der Waals surface area contributed by atoms with Gasteiger partial charge in [-0.2, -0.15) is 0 Å². The topological polar surface area (TPSA) is 46.5 Å². The van der Waals surface area contributed by atoms with E-state index in [-0.39, 0.29) is 12.2 Å². The van der Waals surface area contributed by atoms with Crippen molar-refractivity contribution in [2.24, 2.45) is 0 Å². The minimum absolute atomic E-state index is 0.0399. The van der Waals surface area contributed by atoms with Gasteiger partial charge in [0.2, 0.25) is 0 Å². The first-order valence-electron chi connectivity index (χ1n) is 3.67. The Labute approximate surface area is 74.8 Å². The molecule has 0 unspecified atom stereocenters. The maximum Gasteiger partial charge on any atom is 0.309 e. The van der Waals surface area contributed by atoms with Crippen LogP contribution in [0.15, 0.2) is 18.2 Å². The Morgan fingerprint density at radius 1 is 1.54 bits per heavy atom. The fourth-order valence-electron chi connectivity index (χ4n) is 0.974. The second-order valence-electron chi connectivity index (χ2n) is 2.57. The minimum atomic E-state index is -0.570. The lowest BCUT2D eigenvalue weighted by atomic mass is 10.1. The molecule has 0 radical (unpaired) electrons. The van der Waals surface area contributed by atoms with Crippen molar-refractivity contribution in [1.82, 2.24) is 0 Å². The normalized spacial score (nSPS) is 9.69. The highest BCUT2D eigenvalue weighted by Gasteiger charge is 2.05. The van der Waals surface area contributed by atoms with E-state index in [1.807, 2.05) is 0 Å². The highest BCUT2D eigenvalue weighted by molar-refractivity contribution is 5.72. The largest absolute Gasteiger partial charge is 0.508 e. The van der Waals surface area contributed by atoms with Gasteiger partial charge in [0.05, 0.1) is 13.5 Å². The quantitative estimate of drug-likeness (QED) is 0.703. The molecular weight excluding hydrogens is 175 g/mol. The summed E-state index contributed by atoms with van der Waals surface area (Å²) in [4.78, 5) is 10.8. The molecule has 0 aromatic heterocycles. The number of benzene rings is 1. The zero-order valence-corrected chi connectivity index (χ0v) is 7.08. The lowest BCUT2D eigenvalue weighted by molar-refractivity contribution is -0.139. The Kier molecular flexibility index (Phi) is 2.84. The summed E-state index contributed by atoms with van der Waals surface area (Å²) in [5.74, 6) is -1.23. The number of hydrogen-bond acceptors (Lipinski definition) is 3. The highest BCUT2D eigenvalue weighted by atomic mass is 19.1. The fourth-order valence-corrected chi connectivity index (χ4v) is 0.974. The lowest BCUT2D eigenvalue weighted by Gasteiger charge is -2.00. The van der Waals surface area contributed by atoms with Crippen LogP contribution in [0.3, 0.4) is 0 Å². The average molecular weight is 184 g/mol. The number of carbonyl (C=O) groups is 1. The van der Waals surface area contributed by atoms with E-state index >= 15 is 0 Å². The van der Waals surface area contributed by atoms with Gasteiger partial charge in [-0.1, -0.05) is 0 Å². The van der Waals surface area contributed by atoms with Crippen LogP contribution < -0.4 is 0 Å². The van der Waals surface area contributed by atoms with E-state index in [4.69, 9.17) is 5.11 Å². The molecule has 0 aliphatic carbocycles. The van der Waals surface area contributed by atoms with Gasteiger partial charge in [-0.25, -0.2) is 4.39 Å². The van der Waals surface area contributed by atoms with Crippen LogP contribution in [0.4, 0.5) is 4.39 Å². The molecule has 1 N–H and O–H groups in total. The molecule has 0 aliphatic rings. The predicted molar refractivity (Wildman–Crippen MR) is 43.8 cm³/mol. The predicted octanol–water partition coefficient (Wildman–Crippen LogP) is 1.25. The molecule has 13 heavy (non-hydrogen) atoms. The number of phenolic OH excluding ortho intramolecular Hbond substituents is 1. The number of rotatable bonds is 2. The summed E-state index contributed by atoms with van der Waals surface area (Å²) in [6.45, 7) is 0. The van der Waals surface area contributed by atoms with E-state index in [0.717, 1.165) is 6.07 Å². The van der Waals surface area contributed by atoms with Gasteiger partial charge in [0.25, 0.3) is 0 Å². The van der Waals surface area contributed by atoms with E-state index in [1.165, 1.54) is 19.2 Å². The van der Waals surface area contributed by atoms with Crippen LogP contribution in [0, 0.1) is 5.82 Å². The Morgan fingerprint density at radius 2 is 2.23 bits per heavy atom. The summed E-state index contributed by atoms with van der Waals surface area (Å²) in [6.07, 6.45) is -0.0399. The molecule has 1 aromatic carbocycles. The summed E-state index contributed by atoms with van der Waals surface area (Å²) in [7, 11) is 1.25. The molecule has 70 valence electrons. The van der Waals surface area contributed by atoms with Crippen LogP contribution >= 0.6 is 0 Å². The second kappa shape index (κ2) is 3.89. The van der Waals surface area contributed by atoms with Crippen LogP contribution in [0.1, 0.15) is 5.56 Å². The number of halogens is 1. The summed E-state index contributed by atoms with van der Waals surface area (Å²) < 4.78 is 17.1. The molecule has 1 rings (SSSR count). The monoisotopic (exact) mass is 184 g/mol. The molecule has 0 spiro atoms. The summed E-state index contributed by atoms with van der Waals surface area (Å²) in [6, 6.07) is 3.47. The van der Waals surface area contributed by atoms with Crippen LogP contribution in [-0.4, -0.2) is 18.2 Å². The van der Waals surface area contributed by atoms with Gasteiger partial charge < -0.3 is 9.84 Å². The van der Waals surface area contributed by atoms with Crippen molar-refractivity contribution in [2.45, 2.75) is 6.42 Å². The highest BCUT2D eigenvalue weighted by Crippen LogP contribution is 2.15. The van der Waals surface area contributed by atoms with Crippen LogP contribution in [0.25, 0.3) is 0 Å². The van der Waals surface area contributed by atoms with Crippen LogP contribution in [0.2, 0.25) is 0 Å². The van der Waals surface area contributed by atoms with Gasteiger partial charge in [-0.3, -0.25) is 4.79 Å². The van der Waals surface area contributed by atoms with E-state index in [2.05, 4.69) is 4.74 Å². The molecule has 0 saturated carbocycles. The first kappa shape index (κ1) is 9.51. The van der Waals surface area contributed by atoms with E-state index in [0.29, 0.717) is 5.56 Å². The van der Waals surface area contributed by atoms with Crippen molar-refractivity contribution < 1.29 is 19.0 Å². The van der Waals surface area contributed by atoms with Crippen LogP contribution in [0.5, 0.6) is 5.75 Å². The number of aromatic hydroxyl groups is 1. The van der Waals surface area contributed by atoms with Crippen LogP contribution in [-0.2, 0) is 16.0 Å². The molecule has 0 fully saturated rings. The zero-order chi connectivity index (χ0) is 9.84. The van der Waals surface area contributed by atoms with Gasteiger partial charge in [0.1, 0.15) is 11.6 Å². The van der Waals surface area contributed by atoms with Crippen molar-refractivity contribution >= 4 is 5.97 Å². The molecule has 3 nitrogen and oxygen atoms in total. The lowest BCUT2D eigenvalue weighted by Crippen LogP contribution is -2.04. The molecular formula is C9H9FO3. The average Bonchev–Trinajstić information content (AvgIpc) is 2.02. The Morgan fingerprint density at radius 3 is 2.77 bits per heavy atom. The summed E-state index contributed by atoms with van der Waals surface area (Å²) in [5, 5.41) is 8.99. The Balaban J connectivity index is 2.83. The molecule has 0 bridgehead atoms. The number of hydrogen-bond donors (Lipinski definition) is 1. The SMILES string of the molecule is COC(=O)Cc1cc(O)cc(F)c1. The smallest absolute Gasteiger partial charge is 0.309 e. The number of esters is 1. The third kappa shape index (κ3) is 2.74. The first-order chi connectivity index (χ1) is 6.11. The fraction of sp³-hybridized carbons (Fsp3) is 0.222. The second-order valence-corrected chi connectivity index (χ2v) is 2.57. The summed E-state index contributed by atoms with van der Waals surface area (Å²) in [5.41, 5.74) is 0.393. The standard InChI is InChI=1S/C9H9FO3/c1-13-9(12)4-6-2-7(10)5-8(11)3-6/h2-3,5,11H,4H2,1H3. The third-order valence-corrected chi connectivity index (χ3v) is 1.52. The van der Waals surface area contributed by atoms with Gasteiger partial charge in [-0.05, 0) is 17.7 Å². The van der Waals surface area contributed by atoms with Gasteiger partial charge in [0, 0.05) is 6.07 Å². The molecule has 1 aromatic rings. The number of ether oxygens (including phenoxy) is 1. The van der Waals surface area contributed by atoms with E-state index in [1.54, 1.807) is 0 Å². The van der Waals surface area contributed by atoms with Crippen molar-refractivity contribution in [3.8, 4) is 5.75 Å². The van der Waals surface area contributed by atoms with Crippen molar-refractivity contribution in [2.75, 3.05) is 7.11 Å². The van der Waals surface area contributed by atoms with E-state index < -0.39 is 11.8 Å². The molecule has 0 heterocycles. The van der Waals surface area contributed by atoms with Gasteiger partial charge in [0.15, 0.2) is 0 Å². The van der Waals surface area contributed by atoms with Gasteiger partial charge >= 0.3 is 5.97 Å². The minimum Gasteiger partial charge on any atom is -0.508 e. The number of carbonyl (C=O) groups excluding carboxylic acids is 1. The first-order valence-corrected chi connectivity index (χ1v) is 3.67. The number of methoxy groups -OCH3 is 1. The zero-order valence-electron chi connectivity index (χ0n) is 7.08. The molecule has 0 aliphatic heterocycles. The number of phenols is 1. The maximum atomic E-state index is 12.7. The summed E-state index contributed by atoms with van der Waals surface area (Å²) >= 11 is 0. The molecule has 0 atom stereocenters. The van der Waals surface area contributed by atoms with Crippen molar-refractivity contribution in [3.05, 3.63) is 29.6 Å². The maximum absolute atomic E-state index is 12.7. The van der Waals surface area contributed by atoms with Gasteiger partial charge in [-0.15, -0.1) is 0 Å². The Bertz CT molecular complexity index is 302.